The first-order valence-electron chi connectivity index (χ1n) is 11.5. The molecule has 4 aromatic rings. The molecule has 3 heterocycles. The number of amides is 1. The predicted octanol–water partition coefficient (Wildman–Crippen LogP) is 5.59. The van der Waals surface area contributed by atoms with E-state index >= 15 is 0 Å². The van der Waals surface area contributed by atoms with Crippen molar-refractivity contribution in [2.24, 2.45) is 0 Å². The van der Waals surface area contributed by atoms with Crippen LogP contribution in [0.2, 0.25) is 0 Å². The van der Waals surface area contributed by atoms with Gasteiger partial charge < -0.3 is 9.88 Å². The van der Waals surface area contributed by atoms with Crippen molar-refractivity contribution in [1.29, 1.82) is 0 Å². The lowest BCUT2D eigenvalue weighted by Crippen LogP contribution is -2.30. The van der Waals surface area contributed by atoms with Crippen LogP contribution in [0.25, 0.3) is 21.1 Å². The van der Waals surface area contributed by atoms with E-state index in [-0.39, 0.29) is 17.5 Å². The standard InChI is InChI=1S/C25H26N4O2S2/c30-22(28-16-8-12-20(28)23-26-19-11-5-6-13-21(19)33-23)14-2-1-7-15-29-24(31)17-9-3-4-10-18(17)27-25(29)32/h3-6,9-11,13,20H,1-2,7-8,12,14-16H2,(H,27,32). The predicted molar refractivity (Wildman–Crippen MR) is 135 cm³/mol. The number of rotatable bonds is 7. The molecular formula is C25H26N4O2S2. The molecule has 0 radical (unpaired) electrons. The van der Waals surface area contributed by atoms with Crippen molar-refractivity contribution >= 4 is 50.6 Å². The molecule has 2 aromatic carbocycles. The molecule has 5 rings (SSSR count). The number of H-pyrrole nitrogens is 1. The summed E-state index contributed by atoms with van der Waals surface area (Å²) in [6.07, 6.45) is 5.02. The zero-order chi connectivity index (χ0) is 22.8. The molecule has 0 aliphatic carbocycles. The van der Waals surface area contributed by atoms with Gasteiger partial charge in [-0.25, -0.2) is 4.98 Å². The number of hydrogen-bond donors (Lipinski definition) is 1. The molecule has 1 unspecified atom stereocenters. The summed E-state index contributed by atoms with van der Waals surface area (Å²) in [5, 5.41) is 1.70. The Labute approximate surface area is 200 Å². The number of nitrogens with zero attached hydrogens (tertiary/aromatic N) is 3. The highest BCUT2D eigenvalue weighted by molar-refractivity contribution is 7.71. The number of para-hydroxylation sites is 2. The molecule has 0 spiro atoms. The van der Waals surface area contributed by atoms with E-state index in [2.05, 4.69) is 11.1 Å². The van der Waals surface area contributed by atoms with Gasteiger partial charge in [0.1, 0.15) is 5.01 Å². The molecule has 1 saturated heterocycles. The largest absolute Gasteiger partial charge is 0.333 e. The van der Waals surface area contributed by atoms with Crippen LogP contribution in [0.4, 0.5) is 0 Å². The number of nitrogens with one attached hydrogen (secondary N) is 1. The summed E-state index contributed by atoms with van der Waals surface area (Å²) >= 11 is 7.08. The van der Waals surface area contributed by atoms with E-state index in [4.69, 9.17) is 17.2 Å². The second-order valence-corrected chi connectivity index (χ2v) is 9.96. The lowest BCUT2D eigenvalue weighted by atomic mass is 10.1. The van der Waals surface area contributed by atoms with Crippen molar-refractivity contribution in [2.75, 3.05) is 6.54 Å². The molecule has 1 aliphatic rings. The Hall–Kier alpha value is -2.84. The highest BCUT2D eigenvalue weighted by Crippen LogP contribution is 2.36. The van der Waals surface area contributed by atoms with Gasteiger partial charge in [-0.3, -0.25) is 14.2 Å². The van der Waals surface area contributed by atoms with Crippen LogP contribution < -0.4 is 5.56 Å². The first-order chi connectivity index (χ1) is 16.1. The highest BCUT2D eigenvalue weighted by atomic mass is 32.1. The Kier molecular flexibility index (Phi) is 6.37. The van der Waals surface area contributed by atoms with E-state index in [0.717, 1.165) is 54.7 Å². The van der Waals surface area contributed by atoms with Crippen LogP contribution in [-0.4, -0.2) is 31.9 Å². The maximum Gasteiger partial charge on any atom is 0.262 e. The summed E-state index contributed by atoms with van der Waals surface area (Å²) in [7, 11) is 0. The molecule has 0 saturated carbocycles. The second-order valence-electron chi connectivity index (χ2n) is 8.51. The van der Waals surface area contributed by atoms with Crippen molar-refractivity contribution in [1.82, 2.24) is 19.4 Å². The lowest BCUT2D eigenvalue weighted by molar-refractivity contribution is -0.132. The van der Waals surface area contributed by atoms with Gasteiger partial charge in [0.2, 0.25) is 5.91 Å². The number of aromatic amines is 1. The number of carbonyl (C=O) groups is 1. The van der Waals surface area contributed by atoms with Crippen LogP contribution in [0.1, 0.15) is 49.6 Å². The third-order valence-corrected chi connectivity index (χ3v) is 7.79. The zero-order valence-electron chi connectivity index (χ0n) is 18.3. The van der Waals surface area contributed by atoms with Crippen molar-refractivity contribution in [2.45, 2.75) is 51.1 Å². The normalized spacial score (nSPS) is 16.1. The van der Waals surface area contributed by atoms with Gasteiger partial charge >= 0.3 is 0 Å². The fourth-order valence-electron chi connectivity index (χ4n) is 4.62. The molecule has 1 amide bonds. The highest BCUT2D eigenvalue weighted by Gasteiger charge is 2.31. The molecular weight excluding hydrogens is 452 g/mol. The van der Waals surface area contributed by atoms with Gasteiger partial charge in [0.15, 0.2) is 4.77 Å². The van der Waals surface area contributed by atoms with Crippen molar-refractivity contribution in [3.8, 4) is 0 Å². The average molecular weight is 479 g/mol. The van der Waals surface area contributed by atoms with Gasteiger partial charge in [0.25, 0.3) is 5.56 Å². The molecule has 1 aliphatic heterocycles. The Bertz CT molecular complexity index is 1390. The van der Waals surface area contributed by atoms with Crippen LogP contribution in [-0.2, 0) is 11.3 Å². The number of unbranched alkanes of at least 4 members (excludes halogenated alkanes) is 2. The van der Waals surface area contributed by atoms with E-state index in [0.29, 0.717) is 23.1 Å². The average Bonchev–Trinajstić information content (AvgIpc) is 3.47. The molecule has 33 heavy (non-hydrogen) atoms. The van der Waals surface area contributed by atoms with Gasteiger partial charge in [-0.15, -0.1) is 11.3 Å². The monoisotopic (exact) mass is 478 g/mol. The summed E-state index contributed by atoms with van der Waals surface area (Å²) in [6.45, 7) is 1.37. The Morgan fingerprint density at radius 2 is 1.94 bits per heavy atom. The van der Waals surface area contributed by atoms with Crippen molar-refractivity contribution in [3.05, 3.63) is 68.7 Å². The number of aromatic nitrogens is 3. The summed E-state index contributed by atoms with van der Waals surface area (Å²) in [4.78, 5) is 35.6. The third kappa shape index (κ3) is 4.50. The van der Waals surface area contributed by atoms with Gasteiger partial charge in [0, 0.05) is 19.5 Å². The van der Waals surface area contributed by atoms with E-state index in [1.165, 1.54) is 4.70 Å². The minimum absolute atomic E-state index is 0.0545. The molecule has 1 atom stereocenters. The summed E-state index contributed by atoms with van der Waals surface area (Å²) in [5.41, 5.74) is 1.72. The van der Waals surface area contributed by atoms with Gasteiger partial charge in [-0.1, -0.05) is 30.7 Å². The topological polar surface area (TPSA) is 71.0 Å². The van der Waals surface area contributed by atoms with E-state index < -0.39 is 0 Å². The number of benzene rings is 2. The maximum absolute atomic E-state index is 13.0. The molecule has 6 nitrogen and oxygen atoms in total. The zero-order valence-corrected chi connectivity index (χ0v) is 20.0. The van der Waals surface area contributed by atoms with Crippen molar-refractivity contribution in [3.63, 3.8) is 0 Å². The molecule has 0 bridgehead atoms. The summed E-state index contributed by atoms with van der Waals surface area (Å²) in [6, 6.07) is 15.7. The number of likely N-dealkylation sites (tertiary alicyclic amines) is 1. The maximum atomic E-state index is 13.0. The minimum atomic E-state index is -0.0545. The fraction of sp³-hybridized carbons (Fsp3) is 0.360. The smallest absolute Gasteiger partial charge is 0.262 e. The van der Waals surface area contributed by atoms with Crippen LogP contribution in [0.3, 0.4) is 0 Å². The van der Waals surface area contributed by atoms with Gasteiger partial charge in [0.05, 0.1) is 27.2 Å². The fourth-order valence-corrected chi connectivity index (χ4v) is 6.02. The van der Waals surface area contributed by atoms with Gasteiger partial charge in [-0.05, 0) is 62.2 Å². The molecule has 8 heteroatoms. The summed E-state index contributed by atoms with van der Waals surface area (Å²) in [5.74, 6) is 0.205. The number of fused-ring (bicyclic) bond motifs is 2. The quantitative estimate of drug-likeness (QED) is 0.278. The molecule has 1 N–H and O–H groups in total. The Morgan fingerprint density at radius 3 is 2.82 bits per heavy atom. The van der Waals surface area contributed by atoms with Crippen LogP contribution in [0.5, 0.6) is 0 Å². The van der Waals surface area contributed by atoms with Crippen LogP contribution in [0.15, 0.2) is 53.3 Å². The van der Waals surface area contributed by atoms with E-state index in [1.54, 1.807) is 15.9 Å². The number of hydrogen-bond acceptors (Lipinski definition) is 5. The minimum Gasteiger partial charge on any atom is -0.333 e. The second kappa shape index (κ2) is 9.57. The van der Waals surface area contributed by atoms with Crippen molar-refractivity contribution < 1.29 is 4.79 Å². The first kappa shape index (κ1) is 22.0. The van der Waals surface area contributed by atoms with Crippen LogP contribution >= 0.6 is 23.6 Å². The Morgan fingerprint density at radius 1 is 1.12 bits per heavy atom. The molecule has 2 aromatic heterocycles. The Balaban J connectivity index is 1.16. The van der Waals surface area contributed by atoms with Crippen LogP contribution in [0, 0.1) is 4.77 Å². The SMILES string of the molecule is O=C(CCCCCn1c(=S)[nH]c2ccccc2c1=O)N1CCCC1c1nc2ccccc2s1. The number of thiazole rings is 1. The van der Waals surface area contributed by atoms with E-state index in [1.807, 2.05) is 47.4 Å². The van der Waals surface area contributed by atoms with Gasteiger partial charge in [-0.2, -0.15) is 0 Å². The molecule has 170 valence electrons. The first-order valence-corrected chi connectivity index (χ1v) is 12.7. The molecule has 1 fully saturated rings. The third-order valence-electron chi connectivity index (χ3n) is 6.33. The lowest BCUT2D eigenvalue weighted by Gasteiger charge is -2.23. The van der Waals surface area contributed by atoms with E-state index in [9.17, 15) is 9.59 Å². The summed E-state index contributed by atoms with van der Waals surface area (Å²) < 4.78 is 3.25. The number of carbonyl (C=O) groups excluding carboxylic acids is 1.